The molecule has 0 atom stereocenters. The second-order valence-corrected chi connectivity index (χ2v) is 5.97. The van der Waals surface area contributed by atoms with E-state index in [4.69, 9.17) is 4.98 Å². The molecule has 3 aromatic heterocycles. The molecule has 0 unspecified atom stereocenters. The fraction of sp³-hybridized carbons (Fsp3) is 0.312. The molecule has 116 valence electrons. The van der Waals surface area contributed by atoms with Gasteiger partial charge >= 0.3 is 0 Å². The van der Waals surface area contributed by atoms with Gasteiger partial charge in [-0.1, -0.05) is 6.07 Å². The Kier molecular flexibility index (Phi) is 3.61. The smallest absolute Gasteiger partial charge is 0.153 e. The molecule has 0 aliphatic carbocycles. The van der Waals surface area contributed by atoms with E-state index in [0.29, 0.717) is 6.54 Å². The summed E-state index contributed by atoms with van der Waals surface area (Å²) in [6, 6.07) is 6.11. The van der Waals surface area contributed by atoms with E-state index in [1.807, 2.05) is 30.8 Å². The first kappa shape index (κ1) is 14.1. The minimum absolute atomic E-state index is 0.714. The van der Waals surface area contributed by atoms with Crippen LogP contribution in [0, 0.1) is 0 Å². The predicted octanol–water partition coefficient (Wildman–Crippen LogP) is 0.595. The van der Waals surface area contributed by atoms with Crippen LogP contribution in [0.1, 0.15) is 18.4 Å². The molecular weight excluding hydrogens is 287 g/mol. The second kappa shape index (κ2) is 5.91. The van der Waals surface area contributed by atoms with E-state index in [-0.39, 0.29) is 0 Å². The molecular formula is C16H19BN6. The van der Waals surface area contributed by atoms with E-state index in [9.17, 15) is 0 Å². The van der Waals surface area contributed by atoms with Crippen molar-refractivity contribution < 1.29 is 0 Å². The maximum absolute atomic E-state index is 4.81. The molecule has 7 heteroatoms. The number of hydrogen-bond acceptors (Lipinski definition) is 5. The third kappa shape index (κ3) is 2.74. The van der Waals surface area contributed by atoms with Crippen LogP contribution >= 0.6 is 0 Å². The average Bonchev–Trinajstić information content (AvgIpc) is 3.24. The van der Waals surface area contributed by atoms with E-state index in [2.05, 4.69) is 32.4 Å². The van der Waals surface area contributed by atoms with Crippen molar-refractivity contribution in [2.24, 2.45) is 0 Å². The first-order valence-electron chi connectivity index (χ1n) is 8.04. The van der Waals surface area contributed by atoms with Gasteiger partial charge in [0, 0.05) is 44.3 Å². The lowest BCUT2D eigenvalue weighted by molar-refractivity contribution is 0.892. The van der Waals surface area contributed by atoms with Gasteiger partial charge in [0.25, 0.3) is 0 Å². The van der Waals surface area contributed by atoms with Crippen LogP contribution in [0.25, 0.3) is 5.65 Å². The highest BCUT2D eigenvalue weighted by Gasteiger charge is 2.17. The minimum Gasteiger partial charge on any atom is -0.366 e. The normalized spacial score (nSPS) is 14.5. The van der Waals surface area contributed by atoms with Crippen molar-refractivity contribution in [3.8, 4) is 0 Å². The van der Waals surface area contributed by atoms with Gasteiger partial charge in [0.1, 0.15) is 19.5 Å². The van der Waals surface area contributed by atoms with Gasteiger partial charge in [-0.05, 0) is 29.9 Å². The van der Waals surface area contributed by atoms with Gasteiger partial charge in [-0.3, -0.25) is 4.98 Å². The summed E-state index contributed by atoms with van der Waals surface area (Å²) in [6.07, 6.45) is 8.01. The van der Waals surface area contributed by atoms with Gasteiger partial charge in [-0.25, -0.2) is 4.98 Å². The van der Waals surface area contributed by atoms with Crippen molar-refractivity contribution in [2.45, 2.75) is 19.4 Å². The largest absolute Gasteiger partial charge is 0.366 e. The first-order valence-corrected chi connectivity index (χ1v) is 8.04. The Morgan fingerprint density at radius 3 is 2.87 bits per heavy atom. The average molecular weight is 306 g/mol. The Hall–Kier alpha value is -2.57. The van der Waals surface area contributed by atoms with Gasteiger partial charge in [-0.2, -0.15) is 9.61 Å². The van der Waals surface area contributed by atoms with Crippen molar-refractivity contribution in [3.63, 3.8) is 0 Å². The monoisotopic (exact) mass is 306 g/mol. The van der Waals surface area contributed by atoms with Crippen LogP contribution < -0.4 is 15.7 Å². The third-order valence-corrected chi connectivity index (χ3v) is 4.26. The second-order valence-electron chi connectivity index (χ2n) is 5.97. The Balaban J connectivity index is 1.68. The Morgan fingerprint density at radius 1 is 1.22 bits per heavy atom. The van der Waals surface area contributed by atoms with Crippen LogP contribution in [0.2, 0.25) is 0 Å². The van der Waals surface area contributed by atoms with E-state index < -0.39 is 0 Å². The van der Waals surface area contributed by atoms with E-state index in [1.165, 1.54) is 12.8 Å². The highest BCUT2D eigenvalue weighted by Crippen LogP contribution is 2.22. The summed E-state index contributed by atoms with van der Waals surface area (Å²) in [7, 11) is 2.05. The number of nitrogens with zero attached hydrogens (tertiary/aromatic N) is 5. The lowest BCUT2D eigenvalue weighted by Crippen LogP contribution is -2.21. The zero-order valence-corrected chi connectivity index (χ0v) is 13.2. The van der Waals surface area contributed by atoms with Crippen LogP contribution in [0.4, 0.5) is 11.6 Å². The zero-order chi connectivity index (χ0) is 15.6. The summed E-state index contributed by atoms with van der Waals surface area (Å²) in [5.74, 6) is 2.00. The fourth-order valence-electron chi connectivity index (χ4n) is 2.99. The molecule has 0 aromatic carbocycles. The molecule has 1 aliphatic heterocycles. The van der Waals surface area contributed by atoms with Gasteiger partial charge in [0.05, 0.1) is 0 Å². The molecule has 1 N–H and O–H groups in total. The SMILES string of the molecule is Bc1cnn2c(NCc3cccnc3)cc(N3CCCC3)nc12. The molecule has 1 saturated heterocycles. The lowest BCUT2D eigenvalue weighted by Gasteiger charge is -2.18. The predicted molar refractivity (Wildman–Crippen MR) is 94.2 cm³/mol. The standard InChI is InChI=1S/C16H19BN6/c17-13-11-20-23-14(19-10-12-4-3-5-18-9-12)8-15(21-16(13)23)22-6-1-2-7-22/h3-5,8-9,11,19H,1-2,6-7,10,17H2. The van der Waals surface area contributed by atoms with Gasteiger partial charge in [0.15, 0.2) is 5.65 Å². The van der Waals surface area contributed by atoms with Crippen molar-refractivity contribution >= 4 is 30.6 Å². The molecule has 3 aromatic rings. The molecule has 4 heterocycles. The van der Waals surface area contributed by atoms with Crippen LogP contribution in [0.15, 0.2) is 36.8 Å². The Labute approximate surface area is 136 Å². The third-order valence-electron chi connectivity index (χ3n) is 4.26. The topological polar surface area (TPSA) is 58.4 Å². The van der Waals surface area contributed by atoms with Crippen molar-refractivity contribution in [1.82, 2.24) is 19.6 Å². The number of hydrogen-bond donors (Lipinski definition) is 1. The van der Waals surface area contributed by atoms with Gasteiger partial charge < -0.3 is 10.2 Å². The molecule has 0 saturated carbocycles. The highest BCUT2D eigenvalue weighted by atomic mass is 15.3. The summed E-state index contributed by atoms with van der Waals surface area (Å²) in [4.78, 5) is 11.3. The summed E-state index contributed by atoms with van der Waals surface area (Å²) in [5, 5.41) is 7.93. The molecule has 4 rings (SSSR count). The van der Waals surface area contributed by atoms with E-state index in [1.54, 1.807) is 6.20 Å². The Bertz CT molecular complexity index is 810. The van der Waals surface area contributed by atoms with Crippen LogP contribution in [-0.2, 0) is 6.54 Å². The summed E-state index contributed by atoms with van der Waals surface area (Å²) in [6.45, 7) is 2.88. The fourth-order valence-corrected chi connectivity index (χ4v) is 2.99. The van der Waals surface area contributed by atoms with Crippen LogP contribution in [0.5, 0.6) is 0 Å². The number of pyridine rings is 1. The Morgan fingerprint density at radius 2 is 2.09 bits per heavy atom. The van der Waals surface area contributed by atoms with Gasteiger partial charge in [0.2, 0.25) is 0 Å². The number of nitrogens with one attached hydrogen (secondary N) is 1. The maximum atomic E-state index is 4.81. The number of aromatic nitrogens is 4. The molecule has 0 amide bonds. The molecule has 0 bridgehead atoms. The number of rotatable bonds is 4. The summed E-state index contributed by atoms with van der Waals surface area (Å²) >= 11 is 0. The van der Waals surface area contributed by atoms with Crippen molar-refractivity contribution in [1.29, 1.82) is 0 Å². The maximum Gasteiger partial charge on any atom is 0.153 e. The summed E-state index contributed by atoms with van der Waals surface area (Å²) < 4.78 is 1.88. The summed E-state index contributed by atoms with van der Waals surface area (Å²) in [5.41, 5.74) is 3.16. The number of anilines is 2. The molecule has 23 heavy (non-hydrogen) atoms. The minimum atomic E-state index is 0.714. The van der Waals surface area contributed by atoms with Crippen molar-refractivity contribution in [3.05, 3.63) is 42.4 Å². The van der Waals surface area contributed by atoms with E-state index >= 15 is 0 Å². The number of fused-ring (bicyclic) bond motifs is 1. The van der Waals surface area contributed by atoms with Gasteiger partial charge in [-0.15, -0.1) is 0 Å². The zero-order valence-electron chi connectivity index (χ0n) is 13.2. The van der Waals surface area contributed by atoms with Crippen molar-refractivity contribution in [2.75, 3.05) is 23.3 Å². The van der Waals surface area contributed by atoms with E-state index in [0.717, 1.165) is 41.4 Å². The molecule has 1 aliphatic rings. The van der Waals surface area contributed by atoms with Crippen LogP contribution in [0.3, 0.4) is 0 Å². The molecule has 0 radical (unpaired) electrons. The molecule has 0 spiro atoms. The highest BCUT2D eigenvalue weighted by molar-refractivity contribution is 6.36. The molecule has 6 nitrogen and oxygen atoms in total. The van der Waals surface area contributed by atoms with Crippen LogP contribution in [-0.4, -0.2) is 40.5 Å². The lowest BCUT2D eigenvalue weighted by atomic mass is 10.0. The quantitative estimate of drug-likeness (QED) is 0.715. The molecule has 1 fully saturated rings. The first-order chi connectivity index (χ1) is 11.3.